The summed E-state index contributed by atoms with van der Waals surface area (Å²) < 4.78 is 5.21. The van der Waals surface area contributed by atoms with Crippen LogP contribution in [-0.2, 0) is 9.59 Å². The second-order valence-electron chi connectivity index (χ2n) is 7.02. The lowest BCUT2D eigenvalue weighted by molar-refractivity contribution is -0.122. The van der Waals surface area contributed by atoms with Crippen LogP contribution in [0.15, 0.2) is 59.8 Å². The summed E-state index contributed by atoms with van der Waals surface area (Å²) in [5.74, 6) is 0.577. The summed E-state index contributed by atoms with van der Waals surface area (Å²) in [7, 11) is 1.63. The second-order valence-corrected chi connectivity index (χ2v) is 7.43. The lowest BCUT2D eigenvalue weighted by atomic mass is 9.73. The van der Waals surface area contributed by atoms with Gasteiger partial charge in [-0.15, -0.1) is 0 Å². The number of rotatable bonds is 3. The fourth-order valence-corrected chi connectivity index (χ4v) is 4.36. The molecule has 0 saturated heterocycles. The number of hydrogen-bond acceptors (Lipinski definition) is 3. The molecule has 1 aliphatic heterocycles. The van der Waals surface area contributed by atoms with Crippen molar-refractivity contribution in [3.05, 3.63) is 76.0 Å². The first-order valence-electron chi connectivity index (χ1n) is 9.01. The highest BCUT2D eigenvalue weighted by Crippen LogP contribution is 2.44. The van der Waals surface area contributed by atoms with Crippen LogP contribution in [0.2, 0.25) is 5.02 Å². The third-order valence-electron chi connectivity index (χ3n) is 5.40. The zero-order valence-corrected chi connectivity index (χ0v) is 15.8. The molecule has 1 aliphatic carbocycles. The first-order chi connectivity index (χ1) is 13.1. The number of carbonyl (C=O) groups excluding carboxylic acids is 2. The number of ether oxygens (including phenoxy) is 1. The van der Waals surface area contributed by atoms with Crippen molar-refractivity contribution in [2.45, 2.75) is 31.1 Å². The van der Waals surface area contributed by atoms with Gasteiger partial charge in [-0.2, -0.15) is 0 Å². The zero-order chi connectivity index (χ0) is 19.0. The maximum absolute atomic E-state index is 13.1. The molecule has 0 radical (unpaired) electrons. The monoisotopic (exact) mass is 381 g/mol. The molecule has 2 aliphatic rings. The van der Waals surface area contributed by atoms with Gasteiger partial charge in [0.25, 0.3) is 0 Å². The van der Waals surface area contributed by atoms with E-state index in [4.69, 9.17) is 16.3 Å². The molecule has 0 unspecified atom stereocenters. The van der Waals surface area contributed by atoms with Crippen LogP contribution in [0.4, 0.5) is 0 Å². The largest absolute Gasteiger partial charge is 0.497 e. The summed E-state index contributed by atoms with van der Waals surface area (Å²) in [5, 5.41) is 3.53. The van der Waals surface area contributed by atoms with Gasteiger partial charge in [-0.3, -0.25) is 9.59 Å². The summed E-state index contributed by atoms with van der Waals surface area (Å²) in [5.41, 5.74) is 3.38. The molecule has 0 spiro atoms. The number of methoxy groups -OCH3 is 1. The third-order valence-corrected chi connectivity index (χ3v) is 5.75. The summed E-state index contributed by atoms with van der Waals surface area (Å²) in [6.45, 7) is 0. The van der Waals surface area contributed by atoms with E-state index < -0.39 is 0 Å². The van der Waals surface area contributed by atoms with Gasteiger partial charge in [0.05, 0.1) is 7.11 Å². The van der Waals surface area contributed by atoms with Gasteiger partial charge in [0, 0.05) is 35.1 Å². The van der Waals surface area contributed by atoms with Gasteiger partial charge >= 0.3 is 0 Å². The van der Waals surface area contributed by atoms with E-state index in [0.29, 0.717) is 23.4 Å². The van der Waals surface area contributed by atoms with Gasteiger partial charge in [-0.05, 0) is 41.7 Å². The second kappa shape index (κ2) is 7.20. The van der Waals surface area contributed by atoms with Gasteiger partial charge in [-0.25, -0.2) is 0 Å². The summed E-state index contributed by atoms with van der Waals surface area (Å²) in [4.78, 5) is 25.4. The van der Waals surface area contributed by atoms with Crippen LogP contribution < -0.4 is 10.1 Å². The van der Waals surface area contributed by atoms with Gasteiger partial charge in [0.1, 0.15) is 5.75 Å². The molecule has 4 rings (SSSR count). The fourth-order valence-electron chi connectivity index (χ4n) is 4.10. The highest BCUT2D eigenvalue weighted by molar-refractivity contribution is 6.31. The number of benzene rings is 2. The number of hydrogen-bond donors (Lipinski definition) is 1. The number of allylic oxidation sites excluding steroid dienone is 2. The maximum Gasteiger partial charge on any atom is 0.225 e. The number of halogens is 1. The molecule has 2 aromatic carbocycles. The number of Topliss-reactive ketones (excluding diaryl/α,β-unsaturated/α-hetero) is 1. The van der Waals surface area contributed by atoms with Crippen LogP contribution in [0, 0.1) is 0 Å². The lowest BCUT2D eigenvalue weighted by Gasteiger charge is -2.34. The molecule has 2 aromatic rings. The summed E-state index contributed by atoms with van der Waals surface area (Å²) >= 11 is 6.36. The topological polar surface area (TPSA) is 55.4 Å². The van der Waals surface area contributed by atoms with E-state index in [1.807, 2.05) is 42.5 Å². The molecule has 1 heterocycles. The Hall–Kier alpha value is -2.59. The van der Waals surface area contributed by atoms with Crippen molar-refractivity contribution >= 4 is 23.3 Å². The van der Waals surface area contributed by atoms with Crippen molar-refractivity contribution < 1.29 is 14.3 Å². The van der Waals surface area contributed by atoms with Gasteiger partial charge < -0.3 is 10.1 Å². The molecule has 5 heteroatoms. The SMILES string of the molecule is COc1ccc([C@@H]2CC(=O)C3=C(C2)NC(=O)C[C@@H]3c2ccccc2Cl)cc1. The Bertz CT molecular complexity index is 933. The van der Waals surface area contributed by atoms with E-state index in [1.165, 1.54) is 0 Å². The van der Waals surface area contributed by atoms with Crippen molar-refractivity contribution in [3.63, 3.8) is 0 Å². The molecule has 27 heavy (non-hydrogen) atoms. The molecule has 0 bridgehead atoms. The average Bonchev–Trinajstić information content (AvgIpc) is 2.67. The summed E-state index contributed by atoms with van der Waals surface area (Å²) in [6, 6.07) is 15.2. The Morgan fingerprint density at radius 1 is 1.00 bits per heavy atom. The number of ketones is 1. The standard InChI is InChI=1S/C22H20ClNO3/c1-27-15-8-6-13(7-9-15)14-10-19-22(20(25)11-14)17(12-21(26)24-19)16-4-2-3-5-18(16)23/h2-9,14,17H,10-12H2,1H3,(H,24,26)/t14-,17+/m0/s1. The van der Waals surface area contributed by atoms with Crippen LogP contribution in [0.3, 0.4) is 0 Å². The predicted molar refractivity (Wildman–Crippen MR) is 104 cm³/mol. The Morgan fingerprint density at radius 3 is 2.44 bits per heavy atom. The molecular formula is C22H20ClNO3. The molecule has 0 fully saturated rings. The molecule has 138 valence electrons. The minimum Gasteiger partial charge on any atom is -0.497 e. The quantitative estimate of drug-likeness (QED) is 0.859. The molecule has 1 amide bonds. The normalized spacial score (nSPS) is 22.3. The lowest BCUT2D eigenvalue weighted by Crippen LogP contribution is -2.38. The zero-order valence-electron chi connectivity index (χ0n) is 15.0. The van der Waals surface area contributed by atoms with E-state index in [0.717, 1.165) is 22.6 Å². The molecular weight excluding hydrogens is 362 g/mol. The van der Waals surface area contributed by atoms with Crippen LogP contribution >= 0.6 is 11.6 Å². The fraction of sp³-hybridized carbons (Fsp3) is 0.273. The molecule has 2 atom stereocenters. The van der Waals surface area contributed by atoms with Gasteiger partial charge in [0.15, 0.2) is 5.78 Å². The minimum atomic E-state index is -0.272. The first kappa shape index (κ1) is 17.8. The van der Waals surface area contributed by atoms with Crippen LogP contribution in [0.1, 0.15) is 42.2 Å². The van der Waals surface area contributed by atoms with Crippen molar-refractivity contribution in [2.75, 3.05) is 7.11 Å². The number of amides is 1. The van der Waals surface area contributed by atoms with Crippen molar-refractivity contribution in [2.24, 2.45) is 0 Å². The van der Waals surface area contributed by atoms with E-state index in [1.54, 1.807) is 13.2 Å². The minimum absolute atomic E-state index is 0.0486. The predicted octanol–water partition coefficient (Wildman–Crippen LogP) is 4.35. The maximum atomic E-state index is 13.1. The summed E-state index contributed by atoms with van der Waals surface area (Å²) in [6.07, 6.45) is 1.32. The Labute approximate surface area is 163 Å². The molecule has 0 aromatic heterocycles. The Morgan fingerprint density at radius 2 is 1.74 bits per heavy atom. The number of nitrogens with one attached hydrogen (secondary N) is 1. The van der Waals surface area contributed by atoms with E-state index >= 15 is 0 Å². The van der Waals surface area contributed by atoms with E-state index in [9.17, 15) is 9.59 Å². The van der Waals surface area contributed by atoms with Crippen LogP contribution in [-0.4, -0.2) is 18.8 Å². The number of carbonyl (C=O) groups is 2. The van der Waals surface area contributed by atoms with Gasteiger partial charge in [0.2, 0.25) is 5.91 Å². The Balaban J connectivity index is 1.70. The van der Waals surface area contributed by atoms with E-state index in [2.05, 4.69) is 5.32 Å². The Kier molecular flexibility index (Phi) is 4.75. The molecule has 0 saturated carbocycles. The van der Waals surface area contributed by atoms with Crippen molar-refractivity contribution in [3.8, 4) is 5.75 Å². The van der Waals surface area contributed by atoms with Crippen LogP contribution in [0.25, 0.3) is 0 Å². The van der Waals surface area contributed by atoms with Crippen molar-refractivity contribution in [1.29, 1.82) is 0 Å². The van der Waals surface area contributed by atoms with Gasteiger partial charge in [-0.1, -0.05) is 41.9 Å². The highest BCUT2D eigenvalue weighted by Gasteiger charge is 2.38. The van der Waals surface area contributed by atoms with Crippen LogP contribution in [0.5, 0.6) is 5.75 Å². The third kappa shape index (κ3) is 3.37. The first-order valence-corrected chi connectivity index (χ1v) is 9.39. The molecule has 4 nitrogen and oxygen atoms in total. The smallest absolute Gasteiger partial charge is 0.225 e. The molecule has 1 N–H and O–H groups in total. The average molecular weight is 382 g/mol. The van der Waals surface area contributed by atoms with E-state index in [-0.39, 0.29) is 29.9 Å². The highest BCUT2D eigenvalue weighted by atomic mass is 35.5. The van der Waals surface area contributed by atoms with Crippen molar-refractivity contribution in [1.82, 2.24) is 5.32 Å².